The first-order valence-electron chi connectivity index (χ1n) is 12.9. The molecule has 0 saturated carbocycles. The van der Waals surface area contributed by atoms with Crippen molar-refractivity contribution in [3.63, 3.8) is 0 Å². The van der Waals surface area contributed by atoms with Crippen LogP contribution in [0.15, 0.2) is 66.9 Å². The maximum atomic E-state index is 13.1. The summed E-state index contributed by atoms with van der Waals surface area (Å²) in [6.07, 6.45) is 6.67. The highest BCUT2D eigenvalue weighted by atomic mass is 16.5. The molecule has 0 aliphatic carbocycles. The lowest BCUT2D eigenvalue weighted by atomic mass is 9.97. The molecule has 3 aromatic carbocycles. The molecule has 5 rings (SSSR count). The predicted molar refractivity (Wildman–Crippen MR) is 149 cm³/mol. The zero-order valence-corrected chi connectivity index (χ0v) is 21.2. The fraction of sp³-hybridized carbons (Fsp3) is 0.300. The second-order valence-electron chi connectivity index (χ2n) is 9.62. The van der Waals surface area contributed by atoms with E-state index in [2.05, 4.69) is 20.2 Å². The number of nitrogens with zero attached hydrogens (tertiary/aromatic N) is 3. The van der Waals surface area contributed by atoms with Crippen LogP contribution in [-0.2, 0) is 0 Å². The summed E-state index contributed by atoms with van der Waals surface area (Å²) in [6.45, 7) is 6.18. The molecule has 1 aliphatic rings. The van der Waals surface area contributed by atoms with Gasteiger partial charge in [-0.1, -0.05) is 24.6 Å². The van der Waals surface area contributed by atoms with E-state index in [0.717, 1.165) is 46.3 Å². The van der Waals surface area contributed by atoms with Crippen LogP contribution in [0.25, 0.3) is 22.0 Å². The Morgan fingerprint density at radius 2 is 1.92 bits per heavy atom. The average Bonchev–Trinajstić information content (AvgIpc) is 2.92. The Hall–Kier alpha value is -3.97. The summed E-state index contributed by atoms with van der Waals surface area (Å²) in [6, 6.07) is 19.3. The van der Waals surface area contributed by atoms with Crippen molar-refractivity contribution in [3.05, 3.63) is 78.0 Å². The monoisotopic (exact) mass is 495 g/mol. The summed E-state index contributed by atoms with van der Waals surface area (Å²) in [4.78, 5) is 24.0. The molecule has 0 bridgehead atoms. The Morgan fingerprint density at radius 1 is 1.05 bits per heavy atom. The number of hydrogen-bond acceptors (Lipinski definition) is 6. The molecule has 0 spiro atoms. The number of nitrogens with one attached hydrogen (secondary N) is 1. The second-order valence-corrected chi connectivity index (χ2v) is 9.62. The Labute approximate surface area is 217 Å². The van der Waals surface area contributed by atoms with Crippen molar-refractivity contribution in [2.24, 2.45) is 0 Å². The number of piperidine rings is 1. The number of anilines is 2. The molecule has 0 radical (unpaired) electrons. The Morgan fingerprint density at radius 3 is 2.78 bits per heavy atom. The van der Waals surface area contributed by atoms with Gasteiger partial charge in [-0.25, -0.2) is 9.97 Å². The van der Waals surface area contributed by atoms with Crippen molar-refractivity contribution in [2.45, 2.75) is 32.6 Å². The lowest BCUT2D eigenvalue weighted by Crippen LogP contribution is -2.31. The van der Waals surface area contributed by atoms with Crippen LogP contribution in [0.4, 0.5) is 11.6 Å². The van der Waals surface area contributed by atoms with E-state index in [4.69, 9.17) is 10.5 Å². The summed E-state index contributed by atoms with van der Waals surface area (Å²) in [5, 5.41) is 3.91. The Bertz CT molecular complexity index is 1400. The Kier molecular flexibility index (Phi) is 7.61. The zero-order chi connectivity index (χ0) is 25.6. The van der Waals surface area contributed by atoms with Gasteiger partial charge in [0.2, 0.25) is 5.95 Å². The second kappa shape index (κ2) is 11.4. The fourth-order valence-corrected chi connectivity index (χ4v) is 4.82. The normalized spacial score (nSPS) is 14.0. The number of rotatable bonds is 8. The van der Waals surface area contributed by atoms with E-state index in [1.807, 2.05) is 67.6 Å². The molecule has 1 aliphatic heterocycles. The van der Waals surface area contributed by atoms with Crippen molar-refractivity contribution in [1.82, 2.24) is 14.9 Å². The fourth-order valence-electron chi connectivity index (χ4n) is 4.82. The summed E-state index contributed by atoms with van der Waals surface area (Å²) in [7, 11) is 0. The van der Waals surface area contributed by atoms with E-state index in [9.17, 15) is 4.79 Å². The molecule has 1 aromatic heterocycles. The van der Waals surface area contributed by atoms with Gasteiger partial charge in [0.15, 0.2) is 0 Å². The minimum absolute atomic E-state index is 0.166. The highest BCUT2D eigenvalue weighted by Gasteiger charge is 2.12. The van der Waals surface area contributed by atoms with Crippen LogP contribution < -0.4 is 15.8 Å². The van der Waals surface area contributed by atoms with Crippen molar-refractivity contribution in [1.29, 1.82) is 0 Å². The van der Waals surface area contributed by atoms with Crippen LogP contribution in [-0.4, -0.2) is 47.0 Å². The largest absolute Gasteiger partial charge is 0.493 e. The smallest absolute Gasteiger partial charge is 0.255 e. The summed E-state index contributed by atoms with van der Waals surface area (Å²) < 4.78 is 5.96. The third-order valence-corrected chi connectivity index (χ3v) is 6.84. The number of aromatic nitrogens is 2. The van der Waals surface area contributed by atoms with Gasteiger partial charge in [0.05, 0.1) is 12.1 Å². The van der Waals surface area contributed by atoms with Crippen molar-refractivity contribution < 1.29 is 9.53 Å². The molecule has 7 heteroatoms. The molecule has 1 saturated heterocycles. The lowest BCUT2D eigenvalue weighted by molar-refractivity contribution is 0.102. The maximum absolute atomic E-state index is 13.1. The molecule has 190 valence electrons. The number of ether oxygens (including phenoxy) is 1. The molecule has 2 heterocycles. The number of benzene rings is 3. The molecule has 1 amide bonds. The van der Waals surface area contributed by atoms with Crippen molar-refractivity contribution in [2.75, 3.05) is 37.3 Å². The summed E-state index contributed by atoms with van der Waals surface area (Å²) in [5.41, 5.74) is 10.8. The van der Waals surface area contributed by atoms with E-state index in [-0.39, 0.29) is 11.9 Å². The zero-order valence-electron chi connectivity index (χ0n) is 21.2. The number of carbonyl (C=O) groups excluding carboxylic acids is 1. The number of carbonyl (C=O) groups is 1. The van der Waals surface area contributed by atoms with Crippen molar-refractivity contribution >= 4 is 28.4 Å². The lowest BCUT2D eigenvalue weighted by Gasteiger charge is -2.26. The van der Waals surface area contributed by atoms with Crippen LogP contribution in [0.5, 0.6) is 5.75 Å². The average molecular weight is 496 g/mol. The first-order chi connectivity index (χ1) is 18.0. The quantitative estimate of drug-likeness (QED) is 0.305. The number of amides is 1. The number of fused-ring (bicyclic) bond motifs is 1. The summed E-state index contributed by atoms with van der Waals surface area (Å²) >= 11 is 0. The number of aryl methyl sites for hydroxylation is 1. The van der Waals surface area contributed by atoms with Gasteiger partial charge in [-0.3, -0.25) is 4.79 Å². The first kappa shape index (κ1) is 24.7. The molecule has 0 unspecified atom stereocenters. The van der Waals surface area contributed by atoms with Gasteiger partial charge in [-0.05, 0) is 92.4 Å². The number of nitrogen functional groups attached to an aromatic ring is 1. The van der Waals surface area contributed by atoms with Gasteiger partial charge in [0.25, 0.3) is 5.91 Å². The van der Waals surface area contributed by atoms with Gasteiger partial charge < -0.3 is 20.7 Å². The number of nitrogens with two attached hydrogens (primary N) is 1. The summed E-state index contributed by atoms with van der Waals surface area (Å²) in [5.74, 6) is 0.850. The van der Waals surface area contributed by atoms with Gasteiger partial charge in [-0.2, -0.15) is 0 Å². The van der Waals surface area contributed by atoms with E-state index in [1.165, 1.54) is 32.4 Å². The van der Waals surface area contributed by atoms with E-state index < -0.39 is 0 Å². The maximum Gasteiger partial charge on any atom is 0.255 e. The molecule has 7 nitrogen and oxygen atoms in total. The molecular formula is C30H33N5O2. The SMILES string of the molecule is Cc1ccc(C(=O)Nc2cccc(OCCCN3CCCCC3)c2)cc1-c1ccc2nc(N)ncc2c1. The number of hydrogen-bond donors (Lipinski definition) is 2. The molecule has 3 N–H and O–H groups in total. The number of likely N-dealkylation sites (tertiary alicyclic amines) is 1. The van der Waals surface area contributed by atoms with Gasteiger partial charge >= 0.3 is 0 Å². The molecule has 1 fully saturated rings. The van der Waals surface area contributed by atoms with E-state index in [0.29, 0.717) is 17.9 Å². The molecule has 37 heavy (non-hydrogen) atoms. The standard InChI is InChI=1S/C30H33N5O2/c1-21-9-10-23(18-27(21)22-11-12-28-24(17-22)20-32-30(31)34-28)29(36)33-25-7-5-8-26(19-25)37-16-6-15-35-13-3-2-4-14-35/h5,7-12,17-20H,2-4,6,13-16H2,1H3,(H,33,36)(H2,31,32,34). The van der Waals surface area contributed by atoms with Gasteiger partial charge in [0.1, 0.15) is 5.75 Å². The Balaban J connectivity index is 1.24. The van der Waals surface area contributed by atoms with Crippen LogP contribution in [0.3, 0.4) is 0 Å². The van der Waals surface area contributed by atoms with Crippen LogP contribution in [0.1, 0.15) is 41.6 Å². The highest BCUT2D eigenvalue weighted by Crippen LogP contribution is 2.28. The highest BCUT2D eigenvalue weighted by molar-refractivity contribution is 6.05. The van der Waals surface area contributed by atoms with Crippen LogP contribution in [0, 0.1) is 6.92 Å². The van der Waals surface area contributed by atoms with E-state index in [1.54, 1.807) is 6.20 Å². The molecular weight excluding hydrogens is 462 g/mol. The predicted octanol–water partition coefficient (Wildman–Crippen LogP) is 5.69. The molecule has 0 atom stereocenters. The van der Waals surface area contributed by atoms with Crippen molar-refractivity contribution in [3.8, 4) is 16.9 Å². The first-order valence-corrected chi connectivity index (χ1v) is 12.9. The molecule has 4 aromatic rings. The van der Waals surface area contributed by atoms with Gasteiger partial charge in [-0.15, -0.1) is 0 Å². The minimum atomic E-state index is -0.166. The minimum Gasteiger partial charge on any atom is -0.493 e. The van der Waals surface area contributed by atoms with E-state index >= 15 is 0 Å². The van der Waals surface area contributed by atoms with Gasteiger partial charge in [0, 0.05) is 35.4 Å². The third kappa shape index (κ3) is 6.24. The van der Waals surface area contributed by atoms with Crippen LogP contribution in [0.2, 0.25) is 0 Å². The topological polar surface area (TPSA) is 93.4 Å². The third-order valence-electron chi connectivity index (χ3n) is 6.84. The van der Waals surface area contributed by atoms with Crippen LogP contribution >= 0.6 is 0 Å².